The van der Waals surface area contributed by atoms with E-state index in [9.17, 15) is 0 Å². The summed E-state index contributed by atoms with van der Waals surface area (Å²) < 4.78 is 0. The molecule has 1 aromatic rings. The molecule has 1 heterocycles. The Balaban J connectivity index is 3.17. The number of rotatable bonds is 0. The number of nitrogens with zero attached hydrogens (tertiary/aromatic N) is 2. The molecule has 5 heteroatoms. The minimum absolute atomic E-state index is 0.124. The van der Waals surface area contributed by atoms with Gasteiger partial charge in [-0.2, -0.15) is 0 Å². The normalized spacial score (nSPS) is 9.56. The maximum Gasteiger partial charge on any atom is 0.357 e. The molecule has 3 nitrogen and oxygen atoms in total. The zero-order valence-electron chi connectivity index (χ0n) is 4.25. The van der Waals surface area contributed by atoms with Crippen LogP contribution < -0.4 is 4.85 Å². The lowest BCUT2D eigenvalue weighted by atomic mass is 10.6. The number of hydrogen-bond acceptors (Lipinski definition) is 2. The van der Waals surface area contributed by atoms with E-state index in [-0.39, 0.29) is 10.3 Å². The van der Waals surface area contributed by atoms with Gasteiger partial charge in [0.1, 0.15) is 4.85 Å². The lowest BCUT2D eigenvalue weighted by molar-refractivity contribution is -0.946. The summed E-state index contributed by atoms with van der Waals surface area (Å²) in [5.41, 5.74) is 0. The fourth-order valence-electron chi connectivity index (χ4n) is 0.376. The Bertz CT molecular complexity index is 228. The lowest BCUT2D eigenvalue weighted by Gasteiger charge is -1.82. The highest BCUT2D eigenvalue weighted by Crippen LogP contribution is 2.03. The second-order valence-electron chi connectivity index (χ2n) is 1.37. The molecule has 0 atom stereocenters. The predicted octanol–water partition coefficient (Wildman–Crippen LogP) is 0.913. The van der Waals surface area contributed by atoms with Crippen molar-refractivity contribution in [2.75, 3.05) is 0 Å². The largest absolute Gasteiger partial charge is 0.357 e. The Hall–Kier alpha value is -0.540. The highest BCUT2D eigenvalue weighted by atomic mass is 35.5. The summed E-state index contributed by atoms with van der Waals surface area (Å²) in [4.78, 5) is 0.504. The molecule has 1 aromatic heterocycles. The molecule has 0 saturated carbocycles. The predicted molar refractivity (Wildman–Crippen MR) is 31.6 cm³/mol. The molecule has 0 spiro atoms. The van der Waals surface area contributed by atoms with E-state index in [2.05, 4.69) is 5.10 Å². The van der Waals surface area contributed by atoms with Crippen LogP contribution in [0.25, 0.3) is 0 Å². The van der Waals surface area contributed by atoms with Gasteiger partial charge in [0.05, 0.1) is 5.10 Å². The van der Waals surface area contributed by atoms with Crippen molar-refractivity contribution in [3.63, 3.8) is 0 Å². The van der Waals surface area contributed by atoms with E-state index in [4.69, 9.17) is 28.4 Å². The number of halogens is 2. The van der Waals surface area contributed by atoms with Crippen LogP contribution in [0.3, 0.4) is 0 Å². The van der Waals surface area contributed by atoms with Crippen molar-refractivity contribution in [1.82, 2.24) is 5.10 Å². The second-order valence-corrected chi connectivity index (χ2v) is 2.14. The first kappa shape index (κ1) is 6.58. The topological polar surface area (TPSA) is 37.0 Å². The van der Waals surface area contributed by atoms with Crippen LogP contribution in [0.4, 0.5) is 0 Å². The highest BCUT2D eigenvalue weighted by Gasteiger charge is 2.07. The van der Waals surface area contributed by atoms with Gasteiger partial charge in [-0.25, -0.2) is 0 Å². The number of hydrogen-bond donors (Lipinski definition) is 1. The summed E-state index contributed by atoms with van der Waals surface area (Å²) >= 11 is 10.7. The van der Waals surface area contributed by atoms with Crippen molar-refractivity contribution >= 4 is 23.2 Å². The summed E-state index contributed by atoms with van der Waals surface area (Å²) in [6, 6.07) is 2.92. The standard InChI is InChI=1S/C4H3Cl2N2O/c5-3-1-2-4(6)8(9)7-3/h1-2H,(H,7,9)/q+1. The van der Waals surface area contributed by atoms with Crippen molar-refractivity contribution < 1.29 is 10.1 Å². The van der Waals surface area contributed by atoms with Gasteiger partial charge in [-0.15, -0.1) is 0 Å². The first-order valence-electron chi connectivity index (χ1n) is 2.14. The van der Waals surface area contributed by atoms with Crippen LogP contribution in [0.1, 0.15) is 0 Å². The van der Waals surface area contributed by atoms with E-state index in [0.29, 0.717) is 4.85 Å². The van der Waals surface area contributed by atoms with Gasteiger partial charge in [-0.3, -0.25) is 5.21 Å². The minimum Gasteiger partial charge on any atom is -0.258 e. The molecular weight excluding hydrogens is 163 g/mol. The summed E-state index contributed by atoms with van der Waals surface area (Å²) in [7, 11) is 0. The van der Waals surface area contributed by atoms with Crippen molar-refractivity contribution in [1.29, 1.82) is 0 Å². The van der Waals surface area contributed by atoms with Crippen LogP contribution in [0.2, 0.25) is 10.3 Å². The Morgan fingerprint density at radius 3 is 2.56 bits per heavy atom. The van der Waals surface area contributed by atoms with Crippen molar-refractivity contribution in [2.45, 2.75) is 0 Å². The van der Waals surface area contributed by atoms with Crippen LogP contribution in [0, 0.1) is 0 Å². The molecule has 0 radical (unpaired) electrons. The molecule has 0 aliphatic carbocycles. The molecule has 1 N–H and O–H groups in total. The zero-order valence-corrected chi connectivity index (χ0v) is 5.76. The van der Waals surface area contributed by atoms with Crippen LogP contribution in [-0.2, 0) is 0 Å². The Kier molecular flexibility index (Phi) is 1.73. The lowest BCUT2D eigenvalue weighted by Crippen LogP contribution is -2.35. The van der Waals surface area contributed by atoms with E-state index in [0.717, 1.165) is 0 Å². The molecule has 0 bridgehead atoms. The van der Waals surface area contributed by atoms with Gasteiger partial charge in [0.2, 0.25) is 5.15 Å². The summed E-state index contributed by atoms with van der Waals surface area (Å²) in [5, 5.41) is 12.4. The maximum atomic E-state index is 8.69. The molecule has 0 aliphatic heterocycles. The van der Waals surface area contributed by atoms with Gasteiger partial charge in [0.25, 0.3) is 0 Å². The van der Waals surface area contributed by atoms with Gasteiger partial charge in [0, 0.05) is 6.07 Å². The smallest absolute Gasteiger partial charge is 0.258 e. The third-order valence-corrected chi connectivity index (χ3v) is 1.22. The second kappa shape index (κ2) is 2.37. The average Bonchev–Trinajstić information content (AvgIpc) is 1.80. The molecule has 0 aromatic carbocycles. The molecular formula is C4H3Cl2N2O+. The van der Waals surface area contributed by atoms with E-state index in [1.54, 1.807) is 0 Å². The third-order valence-electron chi connectivity index (χ3n) is 0.740. The Morgan fingerprint density at radius 2 is 2.11 bits per heavy atom. The van der Waals surface area contributed by atoms with Crippen molar-refractivity contribution in [3.8, 4) is 0 Å². The first-order chi connectivity index (χ1) is 4.20. The van der Waals surface area contributed by atoms with Crippen molar-refractivity contribution in [2.24, 2.45) is 0 Å². The van der Waals surface area contributed by atoms with E-state index in [1.807, 2.05) is 0 Å². The third kappa shape index (κ3) is 1.43. The van der Waals surface area contributed by atoms with Gasteiger partial charge in [0.15, 0.2) is 0 Å². The van der Waals surface area contributed by atoms with Crippen LogP contribution >= 0.6 is 23.2 Å². The Morgan fingerprint density at radius 1 is 1.44 bits per heavy atom. The van der Waals surface area contributed by atoms with Gasteiger partial charge >= 0.3 is 5.15 Å². The van der Waals surface area contributed by atoms with E-state index < -0.39 is 0 Å². The molecule has 48 valence electrons. The van der Waals surface area contributed by atoms with Crippen molar-refractivity contribution in [3.05, 3.63) is 22.4 Å². The number of aromatic nitrogens is 2. The summed E-state index contributed by atoms with van der Waals surface area (Å²) in [6.45, 7) is 0. The van der Waals surface area contributed by atoms with E-state index in [1.165, 1.54) is 12.1 Å². The van der Waals surface area contributed by atoms with Gasteiger partial charge in [-0.1, -0.05) is 11.6 Å². The summed E-state index contributed by atoms with van der Waals surface area (Å²) in [6.07, 6.45) is 0. The minimum atomic E-state index is 0.124. The van der Waals surface area contributed by atoms with Crippen LogP contribution in [-0.4, -0.2) is 10.3 Å². The monoisotopic (exact) mass is 165 g/mol. The van der Waals surface area contributed by atoms with Gasteiger partial charge in [-0.05, 0) is 17.7 Å². The molecule has 0 unspecified atom stereocenters. The fourth-order valence-corrected chi connectivity index (χ4v) is 0.611. The Labute approximate surface area is 61.4 Å². The fraction of sp³-hybridized carbons (Fsp3) is 0. The highest BCUT2D eigenvalue weighted by molar-refractivity contribution is 6.30. The van der Waals surface area contributed by atoms with Crippen LogP contribution in [0.5, 0.6) is 0 Å². The molecule has 9 heavy (non-hydrogen) atoms. The quantitative estimate of drug-likeness (QED) is 0.459. The average molecular weight is 166 g/mol. The maximum absolute atomic E-state index is 8.69. The zero-order chi connectivity index (χ0) is 6.85. The summed E-state index contributed by atoms with van der Waals surface area (Å²) in [5.74, 6) is 0. The van der Waals surface area contributed by atoms with E-state index >= 15 is 0 Å². The first-order valence-corrected chi connectivity index (χ1v) is 2.89. The molecule has 0 aliphatic rings. The SMILES string of the molecule is O[n+]1nc(Cl)ccc1Cl. The van der Waals surface area contributed by atoms with Crippen LogP contribution in [0.15, 0.2) is 12.1 Å². The molecule has 0 amide bonds. The van der Waals surface area contributed by atoms with Gasteiger partial charge < -0.3 is 0 Å². The molecule has 0 saturated heterocycles. The molecule has 0 fully saturated rings. The molecule has 1 rings (SSSR count).